The summed E-state index contributed by atoms with van der Waals surface area (Å²) in [6, 6.07) is 14.6. The number of fused-ring (bicyclic) bond motifs is 2. The lowest BCUT2D eigenvalue weighted by molar-refractivity contribution is -0.117. The fraction of sp³-hybridized carbons (Fsp3) is 0.300. The summed E-state index contributed by atoms with van der Waals surface area (Å²) in [5.74, 6) is 1.13. The molecule has 9 heteroatoms. The van der Waals surface area contributed by atoms with Crippen molar-refractivity contribution in [3.63, 3.8) is 0 Å². The van der Waals surface area contributed by atoms with Crippen LogP contribution in [0.5, 0.6) is 11.5 Å². The number of thioether (sulfide) groups is 1. The molecule has 0 spiro atoms. The van der Waals surface area contributed by atoms with Gasteiger partial charge in [-0.1, -0.05) is 42.1 Å². The lowest BCUT2D eigenvalue weighted by atomic mass is 10.1. The summed E-state index contributed by atoms with van der Waals surface area (Å²) in [5, 5.41) is 0.392. The standard InChI is InChI=1S/C20H18N2O5S2/c23-19(8-13-4-2-1-3-5-13)21-20-22(15-10-29(24,25)11-18(15)28-20)14-6-7-16-17(9-14)27-12-26-16/h1-7,9,15,18H,8,10-12H2. The van der Waals surface area contributed by atoms with Gasteiger partial charge in [0.1, 0.15) is 0 Å². The highest BCUT2D eigenvalue weighted by atomic mass is 32.2. The van der Waals surface area contributed by atoms with Crippen molar-refractivity contribution < 1.29 is 22.7 Å². The summed E-state index contributed by atoms with van der Waals surface area (Å²) < 4.78 is 35.2. The van der Waals surface area contributed by atoms with Crippen molar-refractivity contribution in [1.82, 2.24) is 0 Å². The maximum atomic E-state index is 12.6. The zero-order valence-electron chi connectivity index (χ0n) is 15.4. The maximum absolute atomic E-state index is 12.6. The van der Waals surface area contributed by atoms with Gasteiger partial charge < -0.3 is 14.4 Å². The third kappa shape index (κ3) is 3.60. The first-order chi connectivity index (χ1) is 14.0. The van der Waals surface area contributed by atoms with Crippen molar-refractivity contribution in [3.05, 3.63) is 54.1 Å². The Balaban J connectivity index is 1.48. The SMILES string of the molecule is O=C(Cc1ccccc1)N=C1SC2CS(=O)(=O)CC2N1c1ccc2c(c1)OCO2. The summed E-state index contributed by atoms with van der Waals surface area (Å²) in [5.41, 5.74) is 1.64. The van der Waals surface area contributed by atoms with E-state index < -0.39 is 9.84 Å². The molecule has 2 fully saturated rings. The lowest BCUT2D eigenvalue weighted by Gasteiger charge is -2.24. The molecule has 2 aromatic rings. The lowest BCUT2D eigenvalue weighted by Crippen LogP contribution is -2.37. The highest BCUT2D eigenvalue weighted by Gasteiger charge is 2.49. The second-order valence-electron chi connectivity index (χ2n) is 7.16. The highest BCUT2D eigenvalue weighted by Crippen LogP contribution is 2.43. The topological polar surface area (TPSA) is 85.3 Å². The molecular formula is C20H18N2O5S2. The van der Waals surface area contributed by atoms with Crippen molar-refractivity contribution in [2.24, 2.45) is 4.99 Å². The molecule has 0 radical (unpaired) electrons. The number of aliphatic imine (C=N–C) groups is 1. The summed E-state index contributed by atoms with van der Waals surface area (Å²) in [6.45, 7) is 0.157. The Bertz CT molecular complexity index is 1100. The average molecular weight is 431 g/mol. The van der Waals surface area contributed by atoms with E-state index in [0.29, 0.717) is 16.7 Å². The molecular weight excluding hydrogens is 412 g/mol. The van der Waals surface area contributed by atoms with Crippen LogP contribution in [0, 0.1) is 0 Å². The molecule has 29 heavy (non-hydrogen) atoms. The molecule has 7 nitrogen and oxygen atoms in total. The Kier molecular flexibility index (Phi) is 4.51. The van der Waals surface area contributed by atoms with E-state index >= 15 is 0 Å². The van der Waals surface area contributed by atoms with Crippen LogP contribution in [0.3, 0.4) is 0 Å². The number of amidine groups is 1. The second-order valence-corrected chi connectivity index (χ2v) is 10.5. The molecule has 2 saturated heterocycles. The summed E-state index contributed by atoms with van der Waals surface area (Å²) in [4.78, 5) is 18.8. The van der Waals surface area contributed by atoms with Crippen molar-refractivity contribution in [1.29, 1.82) is 0 Å². The molecule has 3 heterocycles. The number of rotatable bonds is 3. The van der Waals surface area contributed by atoms with Gasteiger partial charge in [-0.25, -0.2) is 8.42 Å². The largest absolute Gasteiger partial charge is 0.454 e. The molecule has 2 unspecified atom stereocenters. The first-order valence-corrected chi connectivity index (χ1v) is 11.9. The number of ether oxygens (including phenoxy) is 2. The van der Waals surface area contributed by atoms with Crippen LogP contribution in [0.1, 0.15) is 5.56 Å². The third-order valence-electron chi connectivity index (χ3n) is 5.12. The first-order valence-electron chi connectivity index (χ1n) is 9.20. The summed E-state index contributed by atoms with van der Waals surface area (Å²) >= 11 is 1.36. The number of hydrogen-bond acceptors (Lipinski definition) is 6. The Morgan fingerprint density at radius 2 is 1.90 bits per heavy atom. The van der Waals surface area contributed by atoms with Crippen LogP contribution >= 0.6 is 11.8 Å². The molecule has 5 rings (SSSR count). The number of anilines is 1. The number of amides is 1. The van der Waals surface area contributed by atoms with Gasteiger partial charge in [-0.3, -0.25) is 4.79 Å². The fourth-order valence-corrected chi connectivity index (χ4v) is 7.75. The Morgan fingerprint density at radius 1 is 1.10 bits per heavy atom. The Labute approximate surface area is 172 Å². The van der Waals surface area contributed by atoms with Crippen LogP contribution in [0.25, 0.3) is 0 Å². The Hall–Kier alpha value is -2.52. The van der Waals surface area contributed by atoms with Crippen LogP contribution in [0.2, 0.25) is 0 Å². The summed E-state index contributed by atoms with van der Waals surface area (Å²) in [6.07, 6.45) is 0.202. The predicted molar refractivity (Wildman–Crippen MR) is 111 cm³/mol. The van der Waals surface area contributed by atoms with E-state index in [1.54, 1.807) is 6.07 Å². The number of nitrogens with zero attached hydrogens (tertiary/aromatic N) is 2. The van der Waals surface area contributed by atoms with Gasteiger partial charge in [0.25, 0.3) is 5.91 Å². The minimum absolute atomic E-state index is 0.0466. The molecule has 2 atom stereocenters. The van der Waals surface area contributed by atoms with E-state index in [-0.39, 0.29) is 41.9 Å². The zero-order valence-corrected chi connectivity index (χ0v) is 17.0. The molecule has 0 saturated carbocycles. The first kappa shape index (κ1) is 18.5. The molecule has 2 aromatic carbocycles. The maximum Gasteiger partial charge on any atom is 0.252 e. The van der Waals surface area contributed by atoms with Crippen molar-refractivity contribution in [2.45, 2.75) is 17.7 Å². The third-order valence-corrected chi connectivity index (χ3v) is 8.33. The minimum Gasteiger partial charge on any atom is -0.454 e. The number of sulfone groups is 1. The van der Waals surface area contributed by atoms with E-state index in [1.807, 2.05) is 47.4 Å². The zero-order chi connectivity index (χ0) is 20.0. The van der Waals surface area contributed by atoms with Gasteiger partial charge in [0.05, 0.1) is 24.0 Å². The van der Waals surface area contributed by atoms with Crippen molar-refractivity contribution >= 4 is 38.4 Å². The van der Waals surface area contributed by atoms with Crippen LogP contribution in [0.4, 0.5) is 5.69 Å². The van der Waals surface area contributed by atoms with Crippen LogP contribution < -0.4 is 14.4 Å². The van der Waals surface area contributed by atoms with E-state index in [0.717, 1.165) is 11.3 Å². The number of carbonyl (C=O) groups is 1. The molecule has 0 N–H and O–H groups in total. The molecule has 150 valence electrons. The number of carbonyl (C=O) groups excluding carboxylic acids is 1. The molecule has 0 bridgehead atoms. The van der Waals surface area contributed by atoms with Crippen molar-refractivity contribution in [2.75, 3.05) is 23.2 Å². The van der Waals surface area contributed by atoms with Crippen LogP contribution in [-0.2, 0) is 21.1 Å². The number of benzene rings is 2. The van der Waals surface area contributed by atoms with E-state index in [2.05, 4.69) is 4.99 Å². The van der Waals surface area contributed by atoms with E-state index in [1.165, 1.54) is 11.8 Å². The molecule has 0 aromatic heterocycles. The van der Waals surface area contributed by atoms with Crippen LogP contribution in [-0.4, -0.2) is 49.1 Å². The van der Waals surface area contributed by atoms with Gasteiger partial charge in [-0.05, 0) is 17.7 Å². The highest BCUT2D eigenvalue weighted by molar-refractivity contribution is 8.16. The quantitative estimate of drug-likeness (QED) is 0.738. The minimum atomic E-state index is -3.12. The Morgan fingerprint density at radius 3 is 2.72 bits per heavy atom. The summed E-state index contributed by atoms with van der Waals surface area (Å²) in [7, 11) is -3.12. The van der Waals surface area contributed by atoms with E-state index in [9.17, 15) is 13.2 Å². The fourth-order valence-electron chi connectivity index (χ4n) is 3.82. The predicted octanol–water partition coefficient (Wildman–Crippen LogP) is 2.26. The smallest absolute Gasteiger partial charge is 0.252 e. The van der Waals surface area contributed by atoms with Gasteiger partial charge >= 0.3 is 0 Å². The van der Waals surface area contributed by atoms with Gasteiger partial charge in [0.2, 0.25) is 6.79 Å². The monoisotopic (exact) mass is 430 g/mol. The second kappa shape index (κ2) is 7.07. The van der Waals surface area contributed by atoms with Gasteiger partial charge in [0.15, 0.2) is 26.5 Å². The van der Waals surface area contributed by atoms with Crippen LogP contribution in [0.15, 0.2) is 53.5 Å². The molecule has 1 amide bonds. The average Bonchev–Trinajstić information content (AvgIpc) is 3.33. The molecule has 3 aliphatic rings. The van der Waals surface area contributed by atoms with Crippen molar-refractivity contribution in [3.8, 4) is 11.5 Å². The van der Waals surface area contributed by atoms with Gasteiger partial charge in [-0.15, -0.1) is 0 Å². The number of hydrogen-bond donors (Lipinski definition) is 0. The van der Waals surface area contributed by atoms with Gasteiger partial charge in [0, 0.05) is 17.0 Å². The van der Waals surface area contributed by atoms with Gasteiger partial charge in [-0.2, -0.15) is 4.99 Å². The molecule has 0 aliphatic carbocycles. The normalized spacial score (nSPS) is 25.4. The van der Waals surface area contributed by atoms with E-state index in [4.69, 9.17) is 9.47 Å². The molecule has 3 aliphatic heterocycles.